The van der Waals surface area contributed by atoms with Crippen molar-refractivity contribution >= 4 is 12.2 Å². The number of aldehydes is 1. The van der Waals surface area contributed by atoms with Crippen LogP contribution < -0.4 is 5.73 Å². The summed E-state index contributed by atoms with van der Waals surface area (Å²) in [6.45, 7) is 0.860. The fourth-order valence-electron chi connectivity index (χ4n) is 0.901. The van der Waals surface area contributed by atoms with Crippen LogP contribution in [0.5, 0.6) is 0 Å². The maximum Gasteiger partial charge on any atom is 0.223 e. The van der Waals surface area contributed by atoms with Crippen LogP contribution in [-0.4, -0.2) is 36.7 Å². The standard InChI is InChI=1S/C9H14N2O2/c1-2-3-4-9(13)11(6-5-10)7-8-12/h1,8H,3-7,10H2. The highest BCUT2D eigenvalue weighted by Crippen LogP contribution is 1.95. The lowest BCUT2D eigenvalue weighted by Gasteiger charge is -2.18. The molecule has 0 radical (unpaired) electrons. The Labute approximate surface area is 78.1 Å². The Morgan fingerprint density at radius 2 is 2.31 bits per heavy atom. The predicted molar refractivity (Wildman–Crippen MR) is 49.8 cm³/mol. The summed E-state index contributed by atoms with van der Waals surface area (Å²) in [5.41, 5.74) is 5.28. The van der Waals surface area contributed by atoms with Gasteiger partial charge in [-0.05, 0) is 0 Å². The van der Waals surface area contributed by atoms with Gasteiger partial charge < -0.3 is 15.4 Å². The van der Waals surface area contributed by atoms with E-state index in [1.54, 1.807) is 0 Å². The average molecular weight is 182 g/mol. The molecule has 0 rings (SSSR count). The van der Waals surface area contributed by atoms with E-state index in [2.05, 4.69) is 5.92 Å². The van der Waals surface area contributed by atoms with E-state index in [4.69, 9.17) is 12.2 Å². The second-order valence-corrected chi connectivity index (χ2v) is 2.50. The number of carbonyl (C=O) groups excluding carboxylic acids is 2. The smallest absolute Gasteiger partial charge is 0.223 e. The van der Waals surface area contributed by atoms with Gasteiger partial charge >= 0.3 is 0 Å². The second-order valence-electron chi connectivity index (χ2n) is 2.50. The van der Waals surface area contributed by atoms with Crippen LogP contribution >= 0.6 is 0 Å². The third-order valence-corrected chi connectivity index (χ3v) is 1.53. The molecule has 0 unspecified atom stereocenters. The highest BCUT2D eigenvalue weighted by molar-refractivity contribution is 5.78. The van der Waals surface area contributed by atoms with Crippen molar-refractivity contribution in [2.75, 3.05) is 19.6 Å². The molecule has 0 aliphatic heterocycles. The number of nitrogens with zero attached hydrogens (tertiary/aromatic N) is 1. The molecule has 1 amide bonds. The molecule has 0 aromatic heterocycles. The molecule has 13 heavy (non-hydrogen) atoms. The van der Waals surface area contributed by atoms with Gasteiger partial charge in [0, 0.05) is 25.9 Å². The number of hydrogen-bond donors (Lipinski definition) is 1. The SMILES string of the molecule is C#CCCC(=O)N(CC=O)CCN. The first-order valence-corrected chi connectivity index (χ1v) is 4.11. The molecule has 0 aromatic rings. The number of amides is 1. The molecule has 0 saturated heterocycles. The van der Waals surface area contributed by atoms with Crippen LogP contribution in [0.1, 0.15) is 12.8 Å². The van der Waals surface area contributed by atoms with Crippen LogP contribution in [0.25, 0.3) is 0 Å². The summed E-state index contributed by atoms with van der Waals surface area (Å²) in [5.74, 6) is 2.26. The molecule has 4 nitrogen and oxygen atoms in total. The van der Waals surface area contributed by atoms with Crippen molar-refractivity contribution in [3.05, 3.63) is 0 Å². The third-order valence-electron chi connectivity index (χ3n) is 1.53. The molecule has 0 atom stereocenters. The molecule has 4 heteroatoms. The molecule has 0 saturated carbocycles. The van der Waals surface area contributed by atoms with E-state index < -0.39 is 0 Å². The van der Waals surface area contributed by atoms with Gasteiger partial charge in [-0.15, -0.1) is 12.3 Å². The molecule has 0 aliphatic carbocycles. The Kier molecular flexibility index (Phi) is 6.56. The summed E-state index contributed by atoms with van der Waals surface area (Å²) < 4.78 is 0. The minimum absolute atomic E-state index is 0.0978. The van der Waals surface area contributed by atoms with Crippen molar-refractivity contribution in [2.45, 2.75) is 12.8 Å². The lowest BCUT2D eigenvalue weighted by Crippen LogP contribution is -2.36. The largest absolute Gasteiger partial charge is 0.334 e. The maximum absolute atomic E-state index is 11.3. The van der Waals surface area contributed by atoms with Crippen molar-refractivity contribution in [1.29, 1.82) is 0 Å². The minimum atomic E-state index is -0.115. The van der Waals surface area contributed by atoms with E-state index in [9.17, 15) is 9.59 Å². The van der Waals surface area contributed by atoms with Crippen molar-refractivity contribution in [1.82, 2.24) is 4.90 Å². The molecular formula is C9H14N2O2. The van der Waals surface area contributed by atoms with Crippen LogP contribution in [0, 0.1) is 12.3 Å². The van der Waals surface area contributed by atoms with Gasteiger partial charge in [0.1, 0.15) is 6.29 Å². The van der Waals surface area contributed by atoms with Crippen molar-refractivity contribution in [3.8, 4) is 12.3 Å². The maximum atomic E-state index is 11.3. The predicted octanol–water partition coefficient (Wildman–Crippen LogP) is -0.614. The van der Waals surface area contributed by atoms with Gasteiger partial charge in [0.05, 0.1) is 6.54 Å². The Bertz CT molecular complexity index is 208. The quantitative estimate of drug-likeness (QED) is 0.440. The third kappa shape index (κ3) is 4.99. The van der Waals surface area contributed by atoms with Gasteiger partial charge in [-0.25, -0.2) is 0 Å². The van der Waals surface area contributed by atoms with E-state index in [1.165, 1.54) is 4.90 Å². The Balaban J connectivity index is 3.95. The first-order valence-electron chi connectivity index (χ1n) is 4.11. The van der Waals surface area contributed by atoms with Gasteiger partial charge in [0.2, 0.25) is 5.91 Å². The first-order chi connectivity index (χ1) is 6.26. The van der Waals surface area contributed by atoms with Gasteiger partial charge in [0.25, 0.3) is 0 Å². The van der Waals surface area contributed by atoms with Crippen molar-refractivity contribution < 1.29 is 9.59 Å². The molecule has 0 fully saturated rings. The summed E-state index contributed by atoms with van der Waals surface area (Å²) in [7, 11) is 0. The highest BCUT2D eigenvalue weighted by atomic mass is 16.2. The molecule has 72 valence electrons. The molecule has 0 aliphatic rings. The Morgan fingerprint density at radius 3 is 2.77 bits per heavy atom. The van der Waals surface area contributed by atoms with E-state index in [0.717, 1.165) is 0 Å². The number of nitrogens with two attached hydrogens (primary N) is 1. The topological polar surface area (TPSA) is 63.4 Å². The van der Waals surface area contributed by atoms with Crippen LogP contribution in [0.3, 0.4) is 0 Å². The number of hydrogen-bond acceptors (Lipinski definition) is 3. The number of carbonyl (C=O) groups is 2. The van der Waals surface area contributed by atoms with Crippen LogP contribution in [0.2, 0.25) is 0 Å². The van der Waals surface area contributed by atoms with Gasteiger partial charge in [0.15, 0.2) is 0 Å². The monoisotopic (exact) mass is 182 g/mol. The molecule has 2 N–H and O–H groups in total. The lowest BCUT2D eigenvalue weighted by molar-refractivity contribution is -0.132. The van der Waals surface area contributed by atoms with Crippen LogP contribution in [0.15, 0.2) is 0 Å². The number of rotatable bonds is 6. The summed E-state index contributed by atoms with van der Waals surface area (Å²) in [5, 5.41) is 0. The Morgan fingerprint density at radius 1 is 1.62 bits per heavy atom. The minimum Gasteiger partial charge on any atom is -0.334 e. The Hall–Kier alpha value is -1.34. The van der Waals surface area contributed by atoms with Crippen LogP contribution in [0.4, 0.5) is 0 Å². The van der Waals surface area contributed by atoms with Gasteiger partial charge in [-0.3, -0.25) is 4.79 Å². The number of terminal acetylenes is 1. The fourth-order valence-corrected chi connectivity index (χ4v) is 0.901. The van der Waals surface area contributed by atoms with Crippen molar-refractivity contribution in [3.63, 3.8) is 0 Å². The molecule has 0 heterocycles. The summed E-state index contributed by atoms with van der Waals surface area (Å²) in [6, 6.07) is 0. The van der Waals surface area contributed by atoms with E-state index in [0.29, 0.717) is 25.8 Å². The molecule has 0 spiro atoms. The molecule has 0 aromatic carbocycles. The molecular weight excluding hydrogens is 168 g/mol. The first kappa shape index (κ1) is 11.7. The van der Waals surface area contributed by atoms with Crippen molar-refractivity contribution in [2.24, 2.45) is 5.73 Å². The summed E-state index contributed by atoms with van der Waals surface area (Å²) in [6.07, 6.45) is 6.38. The average Bonchev–Trinajstić information content (AvgIpc) is 2.14. The van der Waals surface area contributed by atoms with E-state index in [1.807, 2.05) is 0 Å². The summed E-state index contributed by atoms with van der Waals surface area (Å²) >= 11 is 0. The highest BCUT2D eigenvalue weighted by Gasteiger charge is 2.10. The van der Waals surface area contributed by atoms with Gasteiger partial charge in [-0.1, -0.05) is 0 Å². The van der Waals surface area contributed by atoms with Crippen LogP contribution in [-0.2, 0) is 9.59 Å². The fraction of sp³-hybridized carbons (Fsp3) is 0.556. The van der Waals surface area contributed by atoms with E-state index >= 15 is 0 Å². The molecule has 0 bridgehead atoms. The zero-order valence-corrected chi connectivity index (χ0v) is 7.53. The normalized spacial score (nSPS) is 8.92. The zero-order valence-electron chi connectivity index (χ0n) is 7.53. The summed E-state index contributed by atoms with van der Waals surface area (Å²) in [4.78, 5) is 22.9. The van der Waals surface area contributed by atoms with Gasteiger partial charge in [-0.2, -0.15) is 0 Å². The van der Waals surface area contributed by atoms with E-state index in [-0.39, 0.29) is 18.9 Å². The second kappa shape index (κ2) is 7.32. The zero-order chi connectivity index (χ0) is 10.1. The lowest BCUT2D eigenvalue weighted by atomic mass is 10.3.